The molecule has 0 bridgehead atoms. The second kappa shape index (κ2) is 5.60. The highest BCUT2D eigenvalue weighted by Crippen LogP contribution is 2.24. The lowest BCUT2D eigenvalue weighted by molar-refractivity contribution is -0.126. The Labute approximate surface area is 105 Å². The van der Waals surface area contributed by atoms with Crippen molar-refractivity contribution in [3.8, 4) is 0 Å². The highest BCUT2D eigenvalue weighted by atomic mass is 32.1. The number of carbonyl (C=O) groups excluding carboxylic acids is 1. The average Bonchev–Trinajstić information content (AvgIpc) is 2.88. The third-order valence-electron chi connectivity index (χ3n) is 2.93. The summed E-state index contributed by atoms with van der Waals surface area (Å²) in [4.78, 5) is 17.3. The van der Waals surface area contributed by atoms with E-state index in [9.17, 15) is 4.79 Å². The van der Waals surface area contributed by atoms with Gasteiger partial charge in [0, 0.05) is 17.7 Å². The van der Waals surface area contributed by atoms with Crippen molar-refractivity contribution in [2.24, 2.45) is 5.92 Å². The molecule has 0 aliphatic carbocycles. The predicted molar refractivity (Wildman–Crippen MR) is 68.3 cm³/mol. The Balaban J connectivity index is 1.93. The Bertz CT molecular complexity index is 392. The number of aryl methyl sites for hydroxylation is 1. The first-order valence-corrected chi connectivity index (χ1v) is 6.89. The Hall–Kier alpha value is -0.940. The van der Waals surface area contributed by atoms with E-state index in [4.69, 9.17) is 4.74 Å². The van der Waals surface area contributed by atoms with Crippen molar-refractivity contribution >= 4 is 22.4 Å². The highest BCUT2D eigenvalue weighted by Gasteiger charge is 2.31. The van der Waals surface area contributed by atoms with E-state index >= 15 is 0 Å². The quantitative estimate of drug-likeness (QED) is 0.898. The molecule has 1 aliphatic rings. The van der Waals surface area contributed by atoms with Crippen molar-refractivity contribution in [3.63, 3.8) is 0 Å². The maximum atomic E-state index is 11.9. The summed E-state index contributed by atoms with van der Waals surface area (Å²) in [5.41, 5.74) is 0. The van der Waals surface area contributed by atoms with Crippen LogP contribution in [0.2, 0.25) is 0 Å². The first-order valence-electron chi connectivity index (χ1n) is 6.08. The van der Waals surface area contributed by atoms with Gasteiger partial charge in [-0.1, -0.05) is 20.3 Å². The van der Waals surface area contributed by atoms with Gasteiger partial charge in [-0.2, -0.15) is 0 Å². The minimum absolute atomic E-state index is 0.0626. The number of amides is 1. The maximum Gasteiger partial charge on any atom is 0.255 e. The molecule has 5 heteroatoms. The third-order valence-corrected chi connectivity index (χ3v) is 3.90. The molecule has 1 fully saturated rings. The second-order valence-electron chi connectivity index (χ2n) is 4.43. The monoisotopic (exact) mass is 254 g/mol. The Morgan fingerprint density at radius 1 is 1.71 bits per heavy atom. The van der Waals surface area contributed by atoms with E-state index in [-0.39, 0.29) is 12.0 Å². The average molecular weight is 254 g/mol. The highest BCUT2D eigenvalue weighted by molar-refractivity contribution is 7.15. The maximum absolute atomic E-state index is 11.9. The number of ether oxygens (including phenoxy) is 1. The summed E-state index contributed by atoms with van der Waals surface area (Å²) in [6.07, 6.45) is 4.59. The van der Waals surface area contributed by atoms with Gasteiger partial charge < -0.3 is 4.74 Å². The van der Waals surface area contributed by atoms with E-state index in [1.165, 1.54) is 4.88 Å². The lowest BCUT2D eigenvalue weighted by Crippen LogP contribution is -2.31. The van der Waals surface area contributed by atoms with Crippen LogP contribution in [0.5, 0.6) is 0 Å². The summed E-state index contributed by atoms with van der Waals surface area (Å²) in [6, 6.07) is 0. The number of nitrogens with zero attached hydrogens (tertiary/aromatic N) is 1. The minimum atomic E-state index is -0.312. The summed E-state index contributed by atoms with van der Waals surface area (Å²) < 4.78 is 5.42. The smallest absolute Gasteiger partial charge is 0.255 e. The second-order valence-corrected chi connectivity index (χ2v) is 5.54. The van der Waals surface area contributed by atoms with Crippen molar-refractivity contribution in [2.75, 3.05) is 11.9 Å². The third kappa shape index (κ3) is 3.04. The minimum Gasteiger partial charge on any atom is -0.368 e. The lowest BCUT2D eigenvalue weighted by atomic mass is 10.0. The van der Waals surface area contributed by atoms with Crippen LogP contribution in [0.15, 0.2) is 6.20 Å². The van der Waals surface area contributed by atoms with Gasteiger partial charge in [0.2, 0.25) is 0 Å². The van der Waals surface area contributed by atoms with Gasteiger partial charge in [-0.15, -0.1) is 11.3 Å². The summed E-state index contributed by atoms with van der Waals surface area (Å²) in [6.45, 7) is 4.85. The van der Waals surface area contributed by atoms with Crippen molar-refractivity contribution in [1.82, 2.24) is 4.98 Å². The summed E-state index contributed by atoms with van der Waals surface area (Å²) in [5.74, 6) is 0.234. The molecule has 2 rings (SSSR count). The van der Waals surface area contributed by atoms with Crippen LogP contribution in [0.4, 0.5) is 5.13 Å². The Morgan fingerprint density at radius 2 is 2.53 bits per heavy atom. The van der Waals surface area contributed by atoms with Crippen LogP contribution in [0, 0.1) is 5.92 Å². The lowest BCUT2D eigenvalue weighted by Gasteiger charge is -2.12. The Kier molecular flexibility index (Phi) is 4.12. The molecule has 1 N–H and O–H groups in total. The molecule has 2 heterocycles. The van der Waals surface area contributed by atoms with Crippen LogP contribution < -0.4 is 5.32 Å². The molecule has 1 aromatic heterocycles. The fraction of sp³-hybridized carbons (Fsp3) is 0.667. The number of aromatic nitrogens is 1. The van der Waals surface area contributed by atoms with Crippen molar-refractivity contribution in [3.05, 3.63) is 11.1 Å². The van der Waals surface area contributed by atoms with Crippen molar-refractivity contribution < 1.29 is 9.53 Å². The van der Waals surface area contributed by atoms with Crippen LogP contribution in [0.1, 0.15) is 31.6 Å². The number of thiazole rings is 1. The van der Waals surface area contributed by atoms with Gasteiger partial charge in [-0.3, -0.25) is 10.1 Å². The molecule has 0 aromatic carbocycles. The van der Waals surface area contributed by atoms with E-state index in [0.29, 0.717) is 17.7 Å². The first kappa shape index (κ1) is 12.5. The molecule has 94 valence electrons. The van der Waals surface area contributed by atoms with Crippen LogP contribution in [-0.2, 0) is 16.0 Å². The van der Waals surface area contributed by atoms with Gasteiger partial charge in [0.15, 0.2) is 5.13 Å². The zero-order chi connectivity index (χ0) is 12.3. The molecule has 0 radical (unpaired) electrons. The molecule has 2 atom stereocenters. The topological polar surface area (TPSA) is 51.2 Å². The van der Waals surface area contributed by atoms with Gasteiger partial charge in [0.25, 0.3) is 5.91 Å². The molecular weight excluding hydrogens is 236 g/mol. The van der Waals surface area contributed by atoms with Crippen LogP contribution >= 0.6 is 11.3 Å². The first-order chi connectivity index (χ1) is 8.20. The summed E-state index contributed by atoms with van der Waals surface area (Å²) >= 11 is 1.55. The molecule has 17 heavy (non-hydrogen) atoms. The molecule has 4 nitrogen and oxygen atoms in total. The van der Waals surface area contributed by atoms with Gasteiger partial charge in [0.1, 0.15) is 6.10 Å². The normalized spacial score (nSPS) is 23.9. The SMILES string of the molecule is CCCc1cnc(NC(=O)[C@H]2OCC[C@@H]2C)s1. The van der Waals surface area contributed by atoms with Gasteiger partial charge in [-0.05, 0) is 18.8 Å². The fourth-order valence-corrected chi connectivity index (χ4v) is 2.85. The van der Waals surface area contributed by atoms with Crippen molar-refractivity contribution in [2.45, 2.75) is 39.2 Å². The Morgan fingerprint density at radius 3 is 3.18 bits per heavy atom. The molecular formula is C12H18N2O2S. The summed E-state index contributed by atoms with van der Waals surface area (Å²) in [5, 5.41) is 3.52. The van der Waals surface area contributed by atoms with Gasteiger partial charge >= 0.3 is 0 Å². The van der Waals surface area contributed by atoms with Gasteiger partial charge in [-0.25, -0.2) is 4.98 Å². The number of carbonyl (C=O) groups is 1. The number of anilines is 1. The molecule has 1 aromatic rings. The number of hydrogen-bond donors (Lipinski definition) is 1. The standard InChI is InChI=1S/C12H18N2O2S/c1-3-4-9-7-13-12(17-9)14-11(15)10-8(2)5-6-16-10/h7-8,10H,3-6H2,1-2H3,(H,13,14,15)/t8-,10-/m0/s1. The number of rotatable bonds is 4. The van der Waals surface area contributed by atoms with E-state index in [2.05, 4.69) is 17.2 Å². The van der Waals surface area contributed by atoms with Crippen LogP contribution in [-0.4, -0.2) is 23.6 Å². The zero-order valence-corrected chi connectivity index (χ0v) is 11.0. The largest absolute Gasteiger partial charge is 0.368 e. The number of nitrogens with one attached hydrogen (secondary N) is 1. The molecule has 0 unspecified atom stereocenters. The van der Waals surface area contributed by atoms with E-state index in [1.807, 2.05) is 13.1 Å². The number of hydrogen-bond acceptors (Lipinski definition) is 4. The zero-order valence-electron chi connectivity index (χ0n) is 10.2. The molecule has 1 saturated heterocycles. The molecule has 1 amide bonds. The van der Waals surface area contributed by atoms with E-state index in [1.54, 1.807) is 11.3 Å². The van der Waals surface area contributed by atoms with E-state index in [0.717, 1.165) is 19.3 Å². The van der Waals surface area contributed by atoms with Crippen LogP contribution in [0.25, 0.3) is 0 Å². The predicted octanol–water partition coefficient (Wildman–Crippen LogP) is 2.46. The van der Waals surface area contributed by atoms with Crippen molar-refractivity contribution in [1.29, 1.82) is 0 Å². The molecule has 0 saturated carbocycles. The summed E-state index contributed by atoms with van der Waals surface area (Å²) in [7, 11) is 0. The van der Waals surface area contributed by atoms with Crippen LogP contribution in [0.3, 0.4) is 0 Å². The molecule has 1 aliphatic heterocycles. The van der Waals surface area contributed by atoms with Gasteiger partial charge in [0.05, 0.1) is 0 Å². The molecule has 0 spiro atoms. The van der Waals surface area contributed by atoms with E-state index < -0.39 is 0 Å². The fourth-order valence-electron chi connectivity index (χ4n) is 1.93.